The Bertz CT molecular complexity index is 974. The number of amides is 1. The number of rotatable bonds is 4. The van der Waals surface area contributed by atoms with Crippen LogP contribution in [0.2, 0.25) is 0 Å². The first kappa shape index (κ1) is 20.0. The van der Waals surface area contributed by atoms with E-state index in [0.717, 1.165) is 11.6 Å². The second-order valence-corrected chi connectivity index (χ2v) is 7.63. The Kier molecular flexibility index (Phi) is 5.77. The van der Waals surface area contributed by atoms with Crippen molar-refractivity contribution in [2.45, 2.75) is 31.5 Å². The quantitative estimate of drug-likeness (QED) is 0.721. The van der Waals surface area contributed by atoms with Crippen LogP contribution in [0.5, 0.6) is 0 Å². The second-order valence-electron chi connectivity index (χ2n) is 7.63. The minimum atomic E-state index is -0.634. The van der Waals surface area contributed by atoms with Crippen molar-refractivity contribution in [1.29, 1.82) is 5.26 Å². The molecule has 0 saturated carbocycles. The maximum absolute atomic E-state index is 14.2. The van der Waals surface area contributed by atoms with E-state index in [0.29, 0.717) is 26.1 Å². The molecule has 2 fully saturated rings. The number of ether oxygens (including phenoxy) is 2. The van der Waals surface area contributed by atoms with E-state index in [2.05, 4.69) is 0 Å². The van der Waals surface area contributed by atoms with Gasteiger partial charge in [0.2, 0.25) is 0 Å². The maximum Gasteiger partial charge on any atom is 0.410 e. The largest absolute Gasteiger partial charge is 0.445 e. The van der Waals surface area contributed by atoms with Gasteiger partial charge in [0, 0.05) is 5.92 Å². The molecule has 2 heterocycles. The highest BCUT2D eigenvalue weighted by molar-refractivity contribution is 5.98. The Morgan fingerprint density at radius 3 is 2.50 bits per heavy atom. The van der Waals surface area contributed by atoms with Crippen LogP contribution >= 0.6 is 0 Å². The van der Waals surface area contributed by atoms with Crippen LogP contribution in [-0.4, -0.2) is 42.1 Å². The smallest absolute Gasteiger partial charge is 0.410 e. The van der Waals surface area contributed by atoms with E-state index in [9.17, 15) is 14.0 Å². The van der Waals surface area contributed by atoms with Gasteiger partial charge in [-0.3, -0.25) is 9.69 Å². The molecule has 30 heavy (non-hydrogen) atoms. The number of benzene rings is 2. The van der Waals surface area contributed by atoms with Crippen molar-refractivity contribution >= 4 is 11.9 Å². The van der Waals surface area contributed by atoms with Crippen LogP contribution in [0.1, 0.15) is 34.3 Å². The Hall–Kier alpha value is -3.24. The number of fused-ring (bicyclic) bond motifs is 2. The number of nitriles is 1. The van der Waals surface area contributed by atoms with E-state index >= 15 is 0 Å². The number of carbonyl (C=O) groups is 2. The molecule has 4 rings (SSSR count). The SMILES string of the molecule is N#Cc1ccc(F)c(C(=O)C2CC3COCC(C2)N3C(=O)OCc2ccccc2)c1. The first-order chi connectivity index (χ1) is 14.6. The Morgan fingerprint density at radius 1 is 1.13 bits per heavy atom. The van der Waals surface area contributed by atoms with E-state index in [1.54, 1.807) is 4.90 Å². The summed E-state index contributed by atoms with van der Waals surface area (Å²) in [5.74, 6) is -1.41. The van der Waals surface area contributed by atoms with E-state index in [-0.39, 0.29) is 35.6 Å². The molecule has 6 nitrogen and oxygen atoms in total. The number of Topliss-reactive ketones (excluding diaryl/α,β-unsaturated/α-hetero) is 1. The number of halogens is 1. The lowest BCUT2D eigenvalue weighted by Gasteiger charge is -2.47. The molecule has 0 spiro atoms. The lowest BCUT2D eigenvalue weighted by molar-refractivity contribution is -0.0755. The minimum Gasteiger partial charge on any atom is -0.445 e. The predicted octanol–water partition coefficient (Wildman–Crippen LogP) is 3.70. The summed E-state index contributed by atoms with van der Waals surface area (Å²) < 4.78 is 25.3. The van der Waals surface area contributed by atoms with Crippen LogP contribution < -0.4 is 0 Å². The highest BCUT2D eigenvalue weighted by Gasteiger charge is 2.44. The van der Waals surface area contributed by atoms with Crippen molar-refractivity contribution in [3.05, 3.63) is 71.0 Å². The second kappa shape index (κ2) is 8.64. The molecule has 7 heteroatoms. The van der Waals surface area contributed by atoms with Crippen LogP contribution in [-0.2, 0) is 16.1 Å². The summed E-state index contributed by atoms with van der Waals surface area (Å²) in [6, 6.07) is 14.5. The van der Waals surface area contributed by atoms with E-state index in [1.165, 1.54) is 12.1 Å². The van der Waals surface area contributed by atoms with Gasteiger partial charge < -0.3 is 9.47 Å². The molecule has 2 unspecified atom stereocenters. The minimum absolute atomic E-state index is 0.0712. The Morgan fingerprint density at radius 2 is 1.83 bits per heavy atom. The highest BCUT2D eigenvalue weighted by atomic mass is 19.1. The lowest BCUT2D eigenvalue weighted by atomic mass is 9.80. The number of hydrogen-bond donors (Lipinski definition) is 0. The number of morpholine rings is 1. The standard InChI is InChI=1S/C23H21FN2O4/c24-21-7-6-16(11-25)8-20(21)22(27)17-9-18-13-29-14-19(10-17)26(18)23(28)30-12-15-4-2-1-3-5-15/h1-8,17-19H,9-10,12-14H2. The lowest BCUT2D eigenvalue weighted by Crippen LogP contribution is -2.60. The average molecular weight is 408 g/mol. The van der Waals surface area contributed by atoms with Crippen LogP contribution in [0.4, 0.5) is 9.18 Å². The molecule has 0 radical (unpaired) electrons. The molecule has 2 saturated heterocycles. The van der Waals surface area contributed by atoms with Gasteiger partial charge in [-0.05, 0) is 36.6 Å². The highest BCUT2D eigenvalue weighted by Crippen LogP contribution is 2.34. The van der Waals surface area contributed by atoms with Crippen molar-refractivity contribution in [3.63, 3.8) is 0 Å². The monoisotopic (exact) mass is 408 g/mol. The molecule has 2 atom stereocenters. The zero-order valence-corrected chi connectivity index (χ0v) is 16.3. The van der Waals surface area contributed by atoms with Crippen molar-refractivity contribution in [2.24, 2.45) is 5.92 Å². The maximum atomic E-state index is 14.2. The molecule has 2 bridgehead atoms. The molecule has 1 amide bonds. The van der Waals surface area contributed by atoms with Gasteiger partial charge in [0.25, 0.3) is 0 Å². The molecular weight excluding hydrogens is 387 g/mol. The number of ketones is 1. The molecule has 2 aromatic rings. The van der Waals surface area contributed by atoms with Gasteiger partial charge in [-0.2, -0.15) is 5.26 Å². The van der Waals surface area contributed by atoms with Gasteiger partial charge in [-0.15, -0.1) is 0 Å². The van der Waals surface area contributed by atoms with Crippen LogP contribution in [0, 0.1) is 23.1 Å². The summed E-state index contributed by atoms with van der Waals surface area (Å²) in [5.41, 5.74) is 1.06. The zero-order valence-electron chi connectivity index (χ0n) is 16.3. The van der Waals surface area contributed by atoms with E-state index < -0.39 is 17.8 Å². The molecule has 0 aliphatic carbocycles. The van der Waals surface area contributed by atoms with E-state index in [1.807, 2.05) is 36.4 Å². The third kappa shape index (κ3) is 4.05. The molecular formula is C23H21FN2O4. The average Bonchev–Trinajstić information content (AvgIpc) is 2.77. The summed E-state index contributed by atoms with van der Waals surface area (Å²) in [6.07, 6.45) is 0.304. The Balaban J connectivity index is 1.46. The van der Waals surface area contributed by atoms with Crippen molar-refractivity contribution < 1.29 is 23.5 Å². The fourth-order valence-corrected chi connectivity index (χ4v) is 4.22. The topological polar surface area (TPSA) is 79.6 Å². The van der Waals surface area contributed by atoms with Crippen LogP contribution in [0.15, 0.2) is 48.5 Å². The van der Waals surface area contributed by atoms with Crippen molar-refractivity contribution in [2.75, 3.05) is 13.2 Å². The van der Waals surface area contributed by atoms with Gasteiger partial charge in [0.15, 0.2) is 5.78 Å². The third-order valence-corrected chi connectivity index (χ3v) is 5.67. The number of carbonyl (C=O) groups excluding carboxylic acids is 2. The van der Waals surface area contributed by atoms with Crippen LogP contribution in [0.25, 0.3) is 0 Å². The van der Waals surface area contributed by atoms with Crippen molar-refractivity contribution in [3.8, 4) is 6.07 Å². The van der Waals surface area contributed by atoms with Gasteiger partial charge in [-0.1, -0.05) is 30.3 Å². The number of nitrogens with zero attached hydrogens (tertiary/aromatic N) is 2. The van der Waals surface area contributed by atoms with Crippen LogP contribution in [0.3, 0.4) is 0 Å². The first-order valence-corrected chi connectivity index (χ1v) is 9.87. The van der Waals surface area contributed by atoms with Gasteiger partial charge >= 0.3 is 6.09 Å². The predicted molar refractivity (Wildman–Crippen MR) is 105 cm³/mol. The van der Waals surface area contributed by atoms with Gasteiger partial charge in [-0.25, -0.2) is 9.18 Å². The molecule has 2 aromatic carbocycles. The molecule has 154 valence electrons. The number of hydrogen-bond acceptors (Lipinski definition) is 5. The summed E-state index contributed by atoms with van der Waals surface area (Å²) in [4.78, 5) is 27.4. The summed E-state index contributed by atoms with van der Waals surface area (Å²) in [6.45, 7) is 0.786. The molecule has 0 aromatic heterocycles. The van der Waals surface area contributed by atoms with Crippen molar-refractivity contribution in [1.82, 2.24) is 4.90 Å². The fraction of sp³-hybridized carbons (Fsp3) is 0.348. The summed E-state index contributed by atoms with van der Waals surface area (Å²) >= 11 is 0. The normalized spacial score (nSPS) is 22.8. The van der Waals surface area contributed by atoms with Gasteiger partial charge in [0.1, 0.15) is 12.4 Å². The third-order valence-electron chi connectivity index (χ3n) is 5.67. The zero-order chi connectivity index (χ0) is 21.1. The first-order valence-electron chi connectivity index (χ1n) is 9.87. The van der Waals surface area contributed by atoms with Gasteiger partial charge in [0.05, 0.1) is 42.5 Å². The Labute approximate surface area is 173 Å². The number of piperidine rings is 1. The fourth-order valence-electron chi connectivity index (χ4n) is 4.22. The molecule has 2 aliphatic heterocycles. The summed E-state index contributed by atoms with van der Waals surface area (Å²) in [5, 5.41) is 9.05. The van der Waals surface area contributed by atoms with E-state index in [4.69, 9.17) is 14.7 Å². The molecule has 0 N–H and O–H groups in total. The summed E-state index contributed by atoms with van der Waals surface area (Å²) in [7, 11) is 0. The molecule has 2 aliphatic rings.